The van der Waals surface area contributed by atoms with Crippen molar-refractivity contribution in [2.45, 2.75) is 18.4 Å². The number of sulfonamides is 1. The summed E-state index contributed by atoms with van der Waals surface area (Å²) in [4.78, 5) is 11.0. The lowest BCUT2D eigenvalue weighted by atomic mass is 10.1. The van der Waals surface area contributed by atoms with Crippen molar-refractivity contribution in [3.63, 3.8) is 0 Å². The largest absolute Gasteiger partial charge is 0.455 e. The molecule has 2 aromatic carbocycles. The number of carbonyl (C=O) groups is 1. The van der Waals surface area contributed by atoms with Crippen LogP contribution in [0.5, 0.6) is 11.5 Å². The second kappa shape index (κ2) is 6.67. The third-order valence-corrected chi connectivity index (χ3v) is 4.49. The summed E-state index contributed by atoms with van der Waals surface area (Å²) in [6.45, 7) is 1.87. The first-order valence-electron chi connectivity index (χ1n) is 6.56. The van der Waals surface area contributed by atoms with E-state index in [9.17, 15) is 13.2 Å². The highest BCUT2D eigenvalue weighted by molar-refractivity contribution is 7.89. The second-order valence-corrected chi connectivity index (χ2v) is 6.79. The molecule has 0 saturated heterocycles. The van der Waals surface area contributed by atoms with E-state index in [0.29, 0.717) is 22.4 Å². The van der Waals surface area contributed by atoms with Gasteiger partial charge in [-0.1, -0.05) is 17.7 Å². The molecule has 0 atom stereocenters. The van der Waals surface area contributed by atoms with Crippen LogP contribution in [0.1, 0.15) is 21.5 Å². The number of carbonyl (C=O) groups excluding carboxylic acids is 1. The topological polar surface area (TPSA) is 112 Å². The molecule has 2 rings (SSSR count). The van der Waals surface area contributed by atoms with Gasteiger partial charge < -0.3 is 10.5 Å². The third kappa shape index (κ3) is 3.70. The summed E-state index contributed by atoms with van der Waals surface area (Å²) in [5.41, 5.74) is 7.06. The molecule has 8 heteroatoms. The van der Waals surface area contributed by atoms with Crippen LogP contribution in [0.4, 0.5) is 0 Å². The fraction of sp³-hybridized carbons (Fsp3) is 0.133. The highest BCUT2D eigenvalue weighted by atomic mass is 35.5. The zero-order valence-corrected chi connectivity index (χ0v) is 13.8. The zero-order valence-electron chi connectivity index (χ0n) is 12.2. The molecule has 0 fully saturated rings. The summed E-state index contributed by atoms with van der Waals surface area (Å²) in [5, 5.41) is 5.60. The molecule has 0 radical (unpaired) electrons. The lowest BCUT2D eigenvalue weighted by molar-refractivity contribution is 0.112. The fourth-order valence-electron chi connectivity index (χ4n) is 2.09. The molecule has 0 aromatic heterocycles. The van der Waals surface area contributed by atoms with Crippen LogP contribution in [-0.4, -0.2) is 14.7 Å². The van der Waals surface area contributed by atoms with Crippen LogP contribution in [0.25, 0.3) is 0 Å². The molecule has 0 bridgehead atoms. The number of hydrogen-bond donors (Lipinski definition) is 2. The Morgan fingerprint density at radius 3 is 2.52 bits per heavy atom. The number of nitrogens with two attached hydrogens (primary N) is 2. The van der Waals surface area contributed by atoms with Gasteiger partial charge in [-0.2, -0.15) is 0 Å². The predicted octanol–water partition coefficient (Wildman–Crippen LogP) is 2.36. The van der Waals surface area contributed by atoms with Crippen molar-refractivity contribution in [1.82, 2.24) is 0 Å². The van der Waals surface area contributed by atoms with Crippen LogP contribution in [0.3, 0.4) is 0 Å². The summed E-state index contributed by atoms with van der Waals surface area (Å²) in [7, 11) is -4.01. The van der Waals surface area contributed by atoms with E-state index in [1.165, 1.54) is 24.3 Å². The average molecular weight is 355 g/mol. The Balaban J connectivity index is 2.65. The first kappa shape index (κ1) is 17.4. The molecule has 0 aliphatic carbocycles. The maximum atomic E-state index is 11.8. The van der Waals surface area contributed by atoms with E-state index in [-0.39, 0.29) is 28.5 Å². The summed E-state index contributed by atoms with van der Waals surface area (Å²) < 4.78 is 29.2. The van der Waals surface area contributed by atoms with Gasteiger partial charge in [0.25, 0.3) is 0 Å². The van der Waals surface area contributed by atoms with E-state index in [1.54, 1.807) is 13.0 Å². The van der Waals surface area contributed by atoms with Crippen molar-refractivity contribution >= 4 is 27.9 Å². The van der Waals surface area contributed by atoms with E-state index in [0.717, 1.165) is 0 Å². The second-order valence-electron chi connectivity index (χ2n) is 4.83. The van der Waals surface area contributed by atoms with E-state index in [4.69, 9.17) is 27.2 Å². The van der Waals surface area contributed by atoms with Gasteiger partial charge >= 0.3 is 0 Å². The van der Waals surface area contributed by atoms with Gasteiger partial charge in [0, 0.05) is 11.6 Å². The molecule has 0 saturated carbocycles. The third-order valence-electron chi connectivity index (χ3n) is 3.32. The number of hydrogen-bond acceptors (Lipinski definition) is 5. The van der Waals surface area contributed by atoms with Crippen molar-refractivity contribution in [2.24, 2.45) is 10.9 Å². The van der Waals surface area contributed by atoms with Crippen molar-refractivity contribution in [2.75, 3.05) is 0 Å². The first-order valence-corrected chi connectivity index (χ1v) is 8.48. The van der Waals surface area contributed by atoms with Crippen molar-refractivity contribution in [3.8, 4) is 11.5 Å². The average Bonchev–Trinajstić information content (AvgIpc) is 2.49. The van der Waals surface area contributed by atoms with Crippen LogP contribution in [0.2, 0.25) is 5.02 Å². The number of rotatable bonds is 5. The SMILES string of the molecule is Cc1c(CN)ccc(S(N)(=O)=O)c1Oc1ccc(Cl)cc1C=O. The standard InChI is InChI=1S/C15H15ClN2O4S/c1-9-10(7-17)2-5-14(23(18,20)21)15(9)22-13-4-3-12(16)6-11(13)8-19/h2-6,8H,7,17H2,1H3,(H2,18,20,21). The Morgan fingerprint density at radius 1 is 1.26 bits per heavy atom. The molecule has 0 unspecified atom stereocenters. The molecule has 6 nitrogen and oxygen atoms in total. The summed E-state index contributed by atoms with van der Waals surface area (Å²) in [6.07, 6.45) is 0.569. The lowest BCUT2D eigenvalue weighted by Gasteiger charge is -2.16. The Labute approximate surface area is 139 Å². The van der Waals surface area contributed by atoms with Crippen molar-refractivity contribution in [3.05, 3.63) is 52.0 Å². The van der Waals surface area contributed by atoms with Gasteiger partial charge in [-0.15, -0.1) is 0 Å². The van der Waals surface area contributed by atoms with E-state index < -0.39 is 10.0 Å². The predicted molar refractivity (Wildman–Crippen MR) is 87.4 cm³/mol. The molecule has 122 valence electrons. The summed E-state index contributed by atoms with van der Waals surface area (Å²) >= 11 is 5.83. The van der Waals surface area contributed by atoms with Gasteiger partial charge in [0.2, 0.25) is 10.0 Å². The maximum Gasteiger partial charge on any atom is 0.241 e. The molecular weight excluding hydrogens is 340 g/mol. The van der Waals surface area contributed by atoms with Gasteiger partial charge in [-0.05, 0) is 42.3 Å². The van der Waals surface area contributed by atoms with Crippen molar-refractivity contribution in [1.29, 1.82) is 0 Å². The molecular formula is C15H15ClN2O4S. The van der Waals surface area contributed by atoms with E-state index in [2.05, 4.69) is 0 Å². The lowest BCUT2D eigenvalue weighted by Crippen LogP contribution is -2.15. The zero-order chi connectivity index (χ0) is 17.2. The number of halogens is 1. The Kier molecular flexibility index (Phi) is 5.06. The quantitative estimate of drug-likeness (QED) is 0.800. The van der Waals surface area contributed by atoms with Crippen molar-refractivity contribution < 1.29 is 17.9 Å². The van der Waals surface area contributed by atoms with Gasteiger partial charge in [0.05, 0.1) is 5.56 Å². The highest BCUT2D eigenvalue weighted by Gasteiger charge is 2.20. The molecule has 0 spiro atoms. The van der Waals surface area contributed by atoms with Gasteiger partial charge in [0.15, 0.2) is 12.0 Å². The van der Waals surface area contributed by atoms with Crippen LogP contribution in [0, 0.1) is 6.92 Å². The van der Waals surface area contributed by atoms with Crippen LogP contribution in [-0.2, 0) is 16.6 Å². The number of primary sulfonamides is 1. The molecule has 4 N–H and O–H groups in total. The molecule has 0 heterocycles. The fourth-order valence-corrected chi connectivity index (χ4v) is 2.99. The Bertz CT molecular complexity index is 866. The van der Waals surface area contributed by atoms with Gasteiger partial charge in [0.1, 0.15) is 10.6 Å². The smallest absolute Gasteiger partial charge is 0.241 e. The van der Waals surface area contributed by atoms with Gasteiger partial charge in [-0.3, -0.25) is 4.79 Å². The molecule has 0 aliphatic rings. The number of aldehydes is 1. The van der Waals surface area contributed by atoms with E-state index in [1.807, 2.05) is 0 Å². The maximum absolute atomic E-state index is 11.8. The normalized spacial score (nSPS) is 11.3. The molecule has 0 amide bonds. The monoisotopic (exact) mass is 354 g/mol. The number of ether oxygens (including phenoxy) is 1. The molecule has 2 aromatic rings. The molecule has 23 heavy (non-hydrogen) atoms. The number of benzene rings is 2. The summed E-state index contributed by atoms with van der Waals surface area (Å²) in [5.74, 6) is 0.215. The minimum Gasteiger partial charge on any atom is -0.455 e. The molecule has 0 aliphatic heterocycles. The Hall–Kier alpha value is -1.93. The minimum absolute atomic E-state index is 0.0425. The minimum atomic E-state index is -4.01. The summed E-state index contributed by atoms with van der Waals surface area (Å²) in [6, 6.07) is 7.33. The van der Waals surface area contributed by atoms with E-state index >= 15 is 0 Å². The Morgan fingerprint density at radius 2 is 1.96 bits per heavy atom. The van der Waals surface area contributed by atoms with Crippen LogP contribution >= 0.6 is 11.6 Å². The van der Waals surface area contributed by atoms with Gasteiger partial charge in [-0.25, -0.2) is 13.6 Å². The van der Waals surface area contributed by atoms with Crippen LogP contribution < -0.4 is 15.6 Å². The van der Waals surface area contributed by atoms with Crippen LogP contribution in [0.15, 0.2) is 35.2 Å². The first-order chi connectivity index (χ1) is 10.8. The highest BCUT2D eigenvalue weighted by Crippen LogP contribution is 2.35.